The SMILES string of the molecule is COCCNC(=O)c1cccnc1-c1cncn1C. The van der Waals surface area contributed by atoms with E-state index in [1.54, 1.807) is 38.0 Å². The Kier molecular flexibility index (Phi) is 4.25. The van der Waals surface area contributed by atoms with E-state index in [1.165, 1.54) is 0 Å². The van der Waals surface area contributed by atoms with Gasteiger partial charge in [-0.1, -0.05) is 0 Å². The van der Waals surface area contributed by atoms with Gasteiger partial charge in [0.2, 0.25) is 0 Å². The van der Waals surface area contributed by atoms with E-state index in [9.17, 15) is 4.79 Å². The van der Waals surface area contributed by atoms with Crippen LogP contribution in [-0.4, -0.2) is 40.7 Å². The lowest BCUT2D eigenvalue weighted by Crippen LogP contribution is -2.27. The van der Waals surface area contributed by atoms with Crippen molar-refractivity contribution in [2.45, 2.75) is 0 Å². The minimum atomic E-state index is -0.165. The molecule has 19 heavy (non-hydrogen) atoms. The Morgan fingerprint density at radius 3 is 3.05 bits per heavy atom. The molecule has 6 heteroatoms. The van der Waals surface area contributed by atoms with Crippen LogP contribution in [-0.2, 0) is 11.8 Å². The van der Waals surface area contributed by atoms with Gasteiger partial charge in [-0.15, -0.1) is 0 Å². The maximum absolute atomic E-state index is 12.1. The van der Waals surface area contributed by atoms with Gasteiger partial charge in [-0.3, -0.25) is 9.78 Å². The molecule has 0 aliphatic heterocycles. The van der Waals surface area contributed by atoms with Crippen LogP contribution in [0.3, 0.4) is 0 Å². The van der Waals surface area contributed by atoms with Crippen molar-refractivity contribution in [2.75, 3.05) is 20.3 Å². The molecule has 100 valence electrons. The molecule has 0 saturated carbocycles. The Hall–Kier alpha value is -2.21. The van der Waals surface area contributed by atoms with Crippen molar-refractivity contribution in [3.8, 4) is 11.4 Å². The Morgan fingerprint density at radius 2 is 2.37 bits per heavy atom. The Bertz CT molecular complexity index is 565. The first-order chi connectivity index (χ1) is 9.24. The fourth-order valence-electron chi connectivity index (χ4n) is 1.74. The number of nitrogens with zero attached hydrogens (tertiary/aromatic N) is 3. The number of amides is 1. The number of imidazole rings is 1. The van der Waals surface area contributed by atoms with Crippen LogP contribution in [0.25, 0.3) is 11.4 Å². The predicted octanol–water partition coefficient (Wildman–Crippen LogP) is 0.858. The quantitative estimate of drug-likeness (QED) is 0.809. The van der Waals surface area contributed by atoms with Crippen LogP contribution in [0.4, 0.5) is 0 Å². The smallest absolute Gasteiger partial charge is 0.253 e. The molecule has 2 aromatic heterocycles. The zero-order valence-corrected chi connectivity index (χ0v) is 11.0. The van der Waals surface area contributed by atoms with Crippen LogP contribution in [0.2, 0.25) is 0 Å². The predicted molar refractivity (Wildman–Crippen MR) is 70.6 cm³/mol. The van der Waals surface area contributed by atoms with Gasteiger partial charge < -0.3 is 14.6 Å². The maximum Gasteiger partial charge on any atom is 0.253 e. The molecule has 0 atom stereocenters. The standard InChI is InChI=1S/C13H16N4O2/c1-17-9-14-8-11(17)12-10(4-3-5-15-12)13(18)16-6-7-19-2/h3-5,8-9H,6-7H2,1-2H3,(H,16,18). The number of pyridine rings is 1. The topological polar surface area (TPSA) is 69.0 Å². The van der Waals surface area contributed by atoms with Crippen molar-refractivity contribution in [3.05, 3.63) is 36.4 Å². The van der Waals surface area contributed by atoms with E-state index in [1.807, 2.05) is 11.6 Å². The average Bonchev–Trinajstić information content (AvgIpc) is 2.85. The van der Waals surface area contributed by atoms with Crippen LogP contribution >= 0.6 is 0 Å². The molecule has 0 aliphatic rings. The summed E-state index contributed by atoms with van der Waals surface area (Å²) in [6.45, 7) is 0.947. The van der Waals surface area contributed by atoms with Gasteiger partial charge in [-0.25, -0.2) is 4.98 Å². The summed E-state index contributed by atoms with van der Waals surface area (Å²) in [5.74, 6) is -0.165. The molecule has 2 rings (SSSR count). The molecule has 0 aliphatic carbocycles. The van der Waals surface area contributed by atoms with Gasteiger partial charge in [0, 0.05) is 26.9 Å². The molecule has 2 heterocycles. The Morgan fingerprint density at radius 1 is 1.53 bits per heavy atom. The van der Waals surface area contributed by atoms with Crippen LogP contribution in [0.1, 0.15) is 10.4 Å². The summed E-state index contributed by atoms with van der Waals surface area (Å²) in [5, 5.41) is 2.79. The van der Waals surface area contributed by atoms with Gasteiger partial charge in [0.25, 0.3) is 5.91 Å². The number of hydrogen-bond acceptors (Lipinski definition) is 4. The summed E-state index contributed by atoms with van der Waals surface area (Å²) in [7, 11) is 3.46. The van der Waals surface area contributed by atoms with E-state index < -0.39 is 0 Å². The van der Waals surface area contributed by atoms with E-state index in [-0.39, 0.29) is 5.91 Å². The van der Waals surface area contributed by atoms with E-state index in [0.717, 1.165) is 5.69 Å². The monoisotopic (exact) mass is 260 g/mol. The van der Waals surface area contributed by atoms with Gasteiger partial charge >= 0.3 is 0 Å². The van der Waals surface area contributed by atoms with Gasteiger partial charge in [-0.05, 0) is 12.1 Å². The fourth-order valence-corrected chi connectivity index (χ4v) is 1.74. The maximum atomic E-state index is 12.1. The van der Waals surface area contributed by atoms with Crippen molar-refractivity contribution in [2.24, 2.45) is 7.05 Å². The van der Waals surface area contributed by atoms with Crippen molar-refractivity contribution in [1.29, 1.82) is 0 Å². The molecular formula is C13H16N4O2. The lowest BCUT2D eigenvalue weighted by molar-refractivity contribution is 0.0937. The van der Waals surface area contributed by atoms with Crippen LogP contribution < -0.4 is 5.32 Å². The molecule has 1 amide bonds. The molecule has 0 bridgehead atoms. The van der Waals surface area contributed by atoms with E-state index in [4.69, 9.17) is 4.74 Å². The molecule has 0 radical (unpaired) electrons. The van der Waals surface area contributed by atoms with Crippen molar-refractivity contribution < 1.29 is 9.53 Å². The molecule has 6 nitrogen and oxygen atoms in total. The third-order valence-corrected chi connectivity index (χ3v) is 2.70. The highest BCUT2D eigenvalue weighted by molar-refractivity contribution is 5.99. The molecule has 0 fully saturated rings. The van der Waals surface area contributed by atoms with Crippen molar-refractivity contribution >= 4 is 5.91 Å². The van der Waals surface area contributed by atoms with Gasteiger partial charge in [-0.2, -0.15) is 0 Å². The lowest BCUT2D eigenvalue weighted by atomic mass is 10.1. The molecule has 1 N–H and O–H groups in total. The summed E-state index contributed by atoms with van der Waals surface area (Å²) >= 11 is 0. The van der Waals surface area contributed by atoms with Crippen LogP contribution in [0, 0.1) is 0 Å². The molecular weight excluding hydrogens is 244 g/mol. The summed E-state index contributed by atoms with van der Waals surface area (Å²) in [4.78, 5) is 20.4. The lowest BCUT2D eigenvalue weighted by Gasteiger charge is -2.09. The number of methoxy groups -OCH3 is 1. The first-order valence-electron chi connectivity index (χ1n) is 5.93. The highest BCUT2D eigenvalue weighted by atomic mass is 16.5. The Balaban J connectivity index is 2.26. The van der Waals surface area contributed by atoms with Crippen LogP contribution in [0.15, 0.2) is 30.9 Å². The van der Waals surface area contributed by atoms with E-state index in [2.05, 4.69) is 15.3 Å². The third-order valence-electron chi connectivity index (χ3n) is 2.70. The van der Waals surface area contributed by atoms with Crippen molar-refractivity contribution in [1.82, 2.24) is 19.9 Å². The fraction of sp³-hybridized carbons (Fsp3) is 0.308. The number of nitrogens with one attached hydrogen (secondary N) is 1. The van der Waals surface area contributed by atoms with Gasteiger partial charge in [0.05, 0.1) is 30.4 Å². The van der Waals surface area contributed by atoms with E-state index >= 15 is 0 Å². The highest BCUT2D eigenvalue weighted by Crippen LogP contribution is 2.19. The van der Waals surface area contributed by atoms with Crippen molar-refractivity contribution in [3.63, 3.8) is 0 Å². The number of aryl methyl sites for hydroxylation is 1. The minimum absolute atomic E-state index is 0.165. The normalized spacial score (nSPS) is 10.4. The van der Waals surface area contributed by atoms with Gasteiger partial charge in [0.15, 0.2) is 0 Å². The second-order valence-electron chi connectivity index (χ2n) is 4.04. The highest BCUT2D eigenvalue weighted by Gasteiger charge is 2.15. The number of hydrogen-bond donors (Lipinski definition) is 1. The zero-order valence-electron chi connectivity index (χ0n) is 11.0. The second kappa shape index (κ2) is 6.10. The summed E-state index contributed by atoms with van der Waals surface area (Å²) < 4.78 is 6.73. The van der Waals surface area contributed by atoms with E-state index in [0.29, 0.717) is 24.4 Å². The molecule has 0 spiro atoms. The number of aromatic nitrogens is 3. The zero-order chi connectivity index (χ0) is 13.7. The average molecular weight is 260 g/mol. The molecule has 0 saturated heterocycles. The summed E-state index contributed by atoms with van der Waals surface area (Å²) in [5.41, 5.74) is 1.96. The first kappa shape index (κ1) is 13.2. The number of rotatable bonds is 5. The largest absolute Gasteiger partial charge is 0.383 e. The molecule has 0 aromatic carbocycles. The summed E-state index contributed by atoms with van der Waals surface area (Å²) in [6.07, 6.45) is 5.03. The second-order valence-corrected chi connectivity index (χ2v) is 4.04. The number of carbonyl (C=O) groups excluding carboxylic acids is 1. The number of ether oxygens (including phenoxy) is 1. The Labute approximate surface area is 111 Å². The summed E-state index contributed by atoms with van der Waals surface area (Å²) in [6, 6.07) is 3.49. The third kappa shape index (κ3) is 2.97. The first-order valence-corrected chi connectivity index (χ1v) is 5.93. The number of carbonyl (C=O) groups is 1. The molecule has 2 aromatic rings. The van der Waals surface area contributed by atoms with Crippen LogP contribution in [0.5, 0.6) is 0 Å². The minimum Gasteiger partial charge on any atom is -0.383 e. The molecule has 0 unspecified atom stereocenters. The van der Waals surface area contributed by atoms with Gasteiger partial charge in [0.1, 0.15) is 5.69 Å².